The number of halogens is 3. The van der Waals surface area contributed by atoms with Crippen molar-refractivity contribution >= 4 is 33.2 Å². The van der Waals surface area contributed by atoms with E-state index in [0.29, 0.717) is 16.0 Å². The Morgan fingerprint density at radius 2 is 2.05 bits per heavy atom. The van der Waals surface area contributed by atoms with Crippen LogP contribution >= 0.6 is 27.5 Å². The number of hydrogen-bond donors (Lipinski definition) is 2. The molecule has 2 nitrogen and oxygen atoms in total. The van der Waals surface area contributed by atoms with Gasteiger partial charge in [-0.2, -0.15) is 0 Å². The molecule has 0 radical (unpaired) electrons. The first-order valence-corrected chi connectivity index (χ1v) is 6.94. The lowest BCUT2D eigenvalue weighted by Crippen LogP contribution is -2.20. The highest BCUT2D eigenvalue weighted by Gasteiger charge is 2.11. The van der Waals surface area contributed by atoms with Crippen LogP contribution in [0.5, 0.6) is 0 Å². The standard InChI is InChI=1S/C14H13BrClFN2/c15-12-6-9(4-5-13(12)17)14(8-18)19-11-3-1-2-10(16)7-11/h1-7,14,19H,8,18H2. The van der Waals surface area contributed by atoms with Gasteiger partial charge in [-0.25, -0.2) is 4.39 Å². The molecule has 0 spiro atoms. The molecule has 3 N–H and O–H groups in total. The van der Waals surface area contributed by atoms with Crippen LogP contribution in [0.1, 0.15) is 11.6 Å². The van der Waals surface area contributed by atoms with Crippen molar-refractivity contribution in [2.75, 3.05) is 11.9 Å². The topological polar surface area (TPSA) is 38.0 Å². The van der Waals surface area contributed by atoms with Crippen molar-refractivity contribution < 1.29 is 4.39 Å². The smallest absolute Gasteiger partial charge is 0.137 e. The van der Waals surface area contributed by atoms with Gasteiger partial charge in [-0.05, 0) is 51.8 Å². The normalized spacial score (nSPS) is 12.2. The molecule has 0 aliphatic carbocycles. The third-order valence-electron chi connectivity index (χ3n) is 2.75. The molecule has 100 valence electrons. The highest BCUT2D eigenvalue weighted by atomic mass is 79.9. The molecule has 0 aromatic heterocycles. The summed E-state index contributed by atoms with van der Waals surface area (Å²) in [4.78, 5) is 0. The van der Waals surface area contributed by atoms with Crippen LogP contribution in [0.25, 0.3) is 0 Å². The lowest BCUT2D eigenvalue weighted by Gasteiger charge is -2.19. The van der Waals surface area contributed by atoms with E-state index in [9.17, 15) is 4.39 Å². The monoisotopic (exact) mass is 342 g/mol. The minimum absolute atomic E-state index is 0.102. The van der Waals surface area contributed by atoms with Gasteiger partial charge in [0, 0.05) is 17.3 Å². The molecule has 0 saturated carbocycles. The number of nitrogens with two attached hydrogens (primary N) is 1. The van der Waals surface area contributed by atoms with Crippen LogP contribution in [0.3, 0.4) is 0 Å². The summed E-state index contributed by atoms with van der Waals surface area (Å²) in [7, 11) is 0. The average molecular weight is 344 g/mol. The van der Waals surface area contributed by atoms with E-state index < -0.39 is 0 Å². The fourth-order valence-corrected chi connectivity index (χ4v) is 2.37. The molecule has 0 heterocycles. The zero-order valence-corrected chi connectivity index (χ0v) is 12.4. The van der Waals surface area contributed by atoms with E-state index in [1.165, 1.54) is 6.07 Å². The number of nitrogens with one attached hydrogen (secondary N) is 1. The second kappa shape index (κ2) is 6.37. The van der Waals surface area contributed by atoms with Gasteiger partial charge >= 0.3 is 0 Å². The number of rotatable bonds is 4. The van der Waals surface area contributed by atoms with Gasteiger partial charge in [0.25, 0.3) is 0 Å². The largest absolute Gasteiger partial charge is 0.377 e. The SMILES string of the molecule is NCC(Nc1cccc(Cl)c1)c1ccc(F)c(Br)c1. The number of hydrogen-bond acceptors (Lipinski definition) is 2. The fourth-order valence-electron chi connectivity index (χ4n) is 1.79. The van der Waals surface area contributed by atoms with Gasteiger partial charge < -0.3 is 11.1 Å². The van der Waals surface area contributed by atoms with Crippen LogP contribution in [-0.2, 0) is 0 Å². The summed E-state index contributed by atoms with van der Waals surface area (Å²) >= 11 is 9.11. The van der Waals surface area contributed by atoms with Gasteiger partial charge in [-0.1, -0.05) is 23.7 Å². The van der Waals surface area contributed by atoms with E-state index in [1.807, 2.05) is 18.2 Å². The highest BCUT2D eigenvalue weighted by molar-refractivity contribution is 9.10. The first kappa shape index (κ1) is 14.3. The molecule has 19 heavy (non-hydrogen) atoms. The van der Waals surface area contributed by atoms with E-state index in [0.717, 1.165) is 11.3 Å². The Kier molecular flexibility index (Phi) is 4.80. The molecule has 0 bridgehead atoms. The van der Waals surface area contributed by atoms with Crippen LogP contribution in [0.2, 0.25) is 5.02 Å². The van der Waals surface area contributed by atoms with E-state index in [-0.39, 0.29) is 11.9 Å². The Hall–Kier alpha value is -1.10. The first-order chi connectivity index (χ1) is 9.10. The van der Waals surface area contributed by atoms with Gasteiger partial charge in [0.15, 0.2) is 0 Å². The molecule has 0 aliphatic rings. The van der Waals surface area contributed by atoms with E-state index >= 15 is 0 Å². The quantitative estimate of drug-likeness (QED) is 0.866. The maximum Gasteiger partial charge on any atom is 0.137 e. The van der Waals surface area contributed by atoms with Crippen LogP contribution < -0.4 is 11.1 Å². The first-order valence-electron chi connectivity index (χ1n) is 5.77. The molecule has 0 saturated heterocycles. The second-order valence-corrected chi connectivity index (χ2v) is 5.41. The number of anilines is 1. The molecule has 1 atom stereocenters. The number of benzene rings is 2. The Morgan fingerprint density at radius 1 is 1.26 bits per heavy atom. The lowest BCUT2D eigenvalue weighted by atomic mass is 10.1. The fraction of sp³-hybridized carbons (Fsp3) is 0.143. The van der Waals surface area contributed by atoms with Crippen LogP contribution in [0.15, 0.2) is 46.9 Å². The lowest BCUT2D eigenvalue weighted by molar-refractivity contribution is 0.619. The molecule has 1 unspecified atom stereocenters. The second-order valence-electron chi connectivity index (χ2n) is 4.12. The van der Waals surface area contributed by atoms with Crippen molar-refractivity contribution in [1.82, 2.24) is 0 Å². The molecule has 0 amide bonds. The third-order valence-corrected chi connectivity index (χ3v) is 3.59. The summed E-state index contributed by atoms with van der Waals surface area (Å²) in [6.45, 7) is 0.393. The minimum atomic E-state index is -0.290. The van der Waals surface area contributed by atoms with Crippen molar-refractivity contribution in [3.8, 4) is 0 Å². The van der Waals surface area contributed by atoms with Crippen molar-refractivity contribution in [2.45, 2.75) is 6.04 Å². The predicted molar refractivity (Wildman–Crippen MR) is 81.0 cm³/mol. The summed E-state index contributed by atoms with van der Waals surface area (Å²) in [5, 5.41) is 3.93. The maximum atomic E-state index is 13.2. The van der Waals surface area contributed by atoms with Crippen LogP contribution in [0, 0.1) is 5.82 Å². The zero-order valence-electron chi connectivity index (χ0n) is 10.0. The summed E-state index contributed by atoms with van der Waals surface area (Å²) in [5.74, 6) is -0.290. The predicted octanol–water partition coefficient (Wildman–Crippen LogP) is 4.35. The Balaban J connectivity index is 2.22. The molecule has 2 aromatic carbocycles. The Bertz CT molecular complexity index is 577. The van der Waals surface area contributed by atoms with Crippen molar-refractivity contribution in [3.63, 3.8) is 0 Å². The maximum absolute atomic E-state index is 13.2. The van der Waals surface area contributed by atoms with Gasteiger partial charge in [0.1, 0.15) is 5.82 Å². The van der Waals surface area contributed by atoms with Crippen molar-refractivity contribution in [1.29, 1.82) is 0 Å². The van der Waals surface area contributed by atoms with Crippen LogP contribution in [-0.4, -0.2) is 6.54 Å². The van der Waals surface area contributed by atoms with E-state index in [4.69, 9.17) is 17.3 Å². The van der Waals surface area contributed by atoms with Gasteiger partial charge in [0.2, 0.25) is 0 Å². The van der Waals surface area contributed by atoms with E-state index in [1.54, 1.807) is 18.2 Å². The summed E-state index contributed by atoms with van der Waals surface area (Å²) in [6, 6.07) is 12.2. The van der Waals surface area contributed by atoms with Gasteiger partial charge in [0.05, 0.1) is 10.5 Å². The minimum Gasteiger partial charge on any atom is -0.377 e. The summed E-state index contributed by atoms with van der Waals surface area (Å²) in [5.41, 5.74) is 7.57. The summed E-state index contributed by atoms with van der Waals surface area (Å²) < 4.78 is 13.7. The molecular weight excluding hydrogens is 331 g/mol. The molecule has 0 fully saturated rings. The van der Waals surface area contributed by atoms with Gasteiger partial charge in [-0.15, -0.1) is 0 Å². The third kappa shape index (κ3) is 3.69. The molecule has 5 heteroatoms. The van der Waals surface area contributed by atoms with Crippen LogP contribution in [0.4, 0.5) is 10.1 Å². The Morgan fingerprint density at radius 3 is 2.68 bits per heavy atom. The Labute approximate surface area is 124 Å². The zero-order chi connectivity index (χ0) is 13.8. The highest BCUT2D eigenvalue weighted by Crippen LogP contribution is 2.25. The molecule has 0 aliphatic heterocycles. The van der Waals surface area contributed by atoms with Crippen molar-refractivity contribution in [2.24, 2.45) is 5.73 Å². The average Bonchev–Trinajstić information content (AvgIpc) is 2.39. The molecular formula is C14H13BrClFN2. The molecule has 2 rings (SSSR count). The molecule has 2 aromatic rings. The van der Waals surface area contributed by atoms with E-state index in [2.05, 4.69) is 21.2 Å². The van der Waals surface area contributed by atoms with Crippen molar-refractivity contribution in [3.05, 3.63) is 63.3 Å². The van der Waals surface area contributed by atoms with Gasteiger partial charge in [-0.3, -0.25) is 0 Å². The summed E-state index contributed by atoms with van der Waals surface area (Å²) in [6.07, 6.45) is 0.